The van der Waals surface area contributed by atoms with Crippen LogP contribution in [0.2, 0.25) is 0 Å². The third kappa shape index (κ3) is 4.14. The summed E-state index contributed by atoms with van der Waals surface area (Å²) in [7, 11) is 4.57. The quantitative estimate of drug-likeness (QED) is 0.823. The van der Waals surface area contributed by atoms with Crippen molar-refractivity contribution in [3.8, 4) is 17.2 Å². The number of carbonyl (C=O) groups excluding carboxylic acids is 1. The Morgan fingerprint density at radius 3 is 2.21 bits per heavy atom. The van der Waals surface area contributed by atoms with Crippen molar-refractivity contribution in [1.82, 2.24) is 0 Å². The summed E-state index contributed by atoms with van der Waals surface area (Å²) < 4.78 is 21.4. The maximum absolute atomic E-state index is 12.9. The van der Waals surface area contributed by atoms with Crippen molar-refractivity contribution >= 4 is 17.3 Å². The topological polar surface area (TPSA) is 69.3 Å². The molecule has 7 heteroatoms. The largest absolute Gasteiger partial charge is 0.493 e. The molecule has 0 saturated carbocycles. The molecule has 0 spiro atoms. The number of ether oxygens (including phenoxy) is 4. The van der Waals surface area contributed by atoms with Crippen LogP contribution in [-0.2, 0) is 4.74 Å². The SMILES string of the molecule is COc1cc(C(=O)Nc2cc(N3CCOCC3)ccc2C)cc(OC)c1OC. The number of nitrogens with one attached hydrogen (secondary N) is 1. The molecule has 1 amide bonds. The minimum absolute atomic E-state index is 0.249. The molecule has 0 radical (unpaired) electrons. The summed E-state index contributed by atoms with van der Waals surface area (Å²) in [6, 6.07) is 9.34. The third-order valence-corrected chi connectivity index (χ3v) is 4.77. The van der Waals surface area contributed by atoms with Gasteiger partial charge in [-0.2, -0.15) is 0 Å². The van der Waals surface area contributed by atoms with Crippen molar-refractivity contribution in [2.45, 2.75) is 6.92 Å². The second-order valence-electron chi connectivity index (χ2n) is 6.47. The minimum Gasteiger partial charge on any atom is -0.493 e. The van der Waals surface area contributed by atoms with Gasteiger partial charge in [-0.05, 0) is 36.8 Å². The van der Waals surface area contributed by atoms with Crippen LogP contribution in [0.25, 0.3) is 0 Å². The first-order valence-electron chi connectivity index (χ1n) is 9.12. The molecule has 1 N–H and O–H groups in total. The molecule has 0 unspecified atom stereocenters. The van der Waals surface area contributed by atoms with Gasteiger partial charge in [0.05, 0.1) is 34.5 Å². The molecule has 0 bridgehead atoms. The molecule has 3 rings (SSSR count). The zero-order chi connectivity index (χ0) is 20.1. The van der Waals surface area contributed by atoms with Crippen molar-refractivity contribution in [3.05, 3.63) is 41.5 Å². The first-order valence-corrected chi connectivity index (χ1v) is 9.12. The van der Waals surface area contributed by atoms with Gasteiger partial charge in [0, 0.05) is 30.0 Å². The molecule has 0 atom stereocenters. The Morgan fingerprint density at radius 2 is 1.64 bits per heavy atom. The molecule has 1 aliphatic rings. The summed E-state index contributed by atoms with van der Waals surface area (Å²) in [5, 5.41) is 3.00. The predicted molar refractivity (Wildman–Crippen MR) is 108 cm³/mol. The van der Waals surface area contributed by atoms with Crippen LogP contribution in [0.3, 0.4) is 0 Å². The molecular weight excluding hydrogens is 360 g/mol. The van der Waals surface area contributed by atoms with Crippen LogP contribution in [0.15, 0.2) is 30.3 Å². The Kier molecular flexibility index (Phi) is 6.26. The van der Waals surface area contributed by atoms with Crippen molar-refractivity contribution in [2.75, 3.05) is 57.8 Å². The van der Waals surface area contributed by atoms with E-state index in [1.807, 2.05) is 19.1 Å². The predicted octanol–water partition coefficient (Wildman–Crippen LogP) is 3.11. The van der Waals surface area contributed by atoms with Crippen LogP contribution in [0.4, 0.5) is 11.4 Å². The summed E-state index contributed by atoms with van der Waals surface area (Å²) in [5.74, 6) is 1.07. The highest BCUT2D eigenvalue weighted by molar-refractivity contribution is 6.05. The second-order valence-corrected chi connectivity index (χ2v) is 6.47. The molecule has 2 aromatic carbocycles. The van der Waals surface area contributed by atoms with Gasteiger partial charge in [0.25, 0.3) is 5.91 Å². The lowest BCUT2D eigenvalue weighted by Crippen LogP contribution is -2.36. The molecule has 7 nitrogen and oxygen atoms in total. The third-order valence-electron chi connectivity index (χ3n) is 4.77. The van der Waals surface area contributed by atoms with E-state index in [9.17, 15) is 4.79 Å². The monoisotopic (exact) mass is 386 g/mol. The van der Waals surface area contributed by atoms with Gasteiger partial charge in [-0.1, -0.05) is 6.07 Å². The van der Waals surface area contributed by atoms with Gasteiger partial charge in [-0.3, -0.25) is 4.79 Å². The molecule has 1 fully saturated rings. The summed E-state index contributed by atoms with van der Waals surface area (Å²) in [5.41, 5.74) is 3.24. The summed E-state index contributed by atoms with van der Waals surface area (Å²) in [4.78, 5) is 15.1. The maximum atomic E-state index is 12.9. The summed E-state index contributed by atoms with van der Waals surface area (Å²) in [6.45, 7) is 5.06. The van der Waals surface area contributed by atoms with Crippen molar-refractivity contribution in [2.24, 2.45) is 0 Å². The number of aryl methyl sites for hydroxylation is 1. The number of morpholine rings is 1. The molecule has 28 heavy (non-hydrogen) atoms. The van der Waals surface area contributed by atoms with E-state index in [-0.39, 0.29) is 5.91 Å². The van der Waals surface area contributed by atoms with Gasteiger partial charge >= 0.3 is 0 Å². The van der Waals surface area contributed by atoms with Crippen molar-refractivity contribution < 1.29 is 23.7 Å². The van der Waals surface area contributed by atoms with Crippen LogP contribution < -0.4 is 24.4 Å². The number of amides is 1. The van der Waals surface area contributed by atoms with Crippen LogP contribution in [0.5, 0.6) is 17.2 Å². The Balaban J connectivity index is 1.86. The molecule has 150 valence electrons. The Labute approximate surface area is 165 Å². The van der Waals surface area contributed by atoms with E-state index in [1.165, 1.54) is 21.3 Å². The van der Waals surface area contributed by atoms with Gasteiger partial charge in [-0.15, -0.1) is 0 Å². The van der Waals surface area contributed by atoms with Crippen molar-refractivity contribution in [1.29, 1.82) is 0 Å². The summed E-state index contributed by atoms with van der Waals surface area (Å²) >= 11 is 0. The van der Waals surface area contributed by atoms with E-state index < -0.39 is 0 Å². The molecule has 0 aliphatic carbocycles. The number of benzene rings is 2. The van der Waals surface area contributed by atoms with E-state index in [0.717, 1.165) is 30.0 Å². The smallest absolute Gasteiger partial charge is 0.255 e. The lowest BCUT2D eigenvalue weighted by atomic mass is 10.1. The van der Waals surface area contributed by atoms with Crippen molar-refractivity contribution in [3.63, 3.8) is 0 Å². The van der Waals surface area contributed by atoms with E-state index in [2.05, 4.69) is 16.3 Å². The fourth-order valence-electron chi connectivity index (χ4n) is 3.17. The van der Waals surface area contributed by atoms with E-state index in [4.69, 9.17) is 18.9 Å². The minimum atomic E-state index is -0.249. The van der Waals surface area contributed by atoms with E-state index >= 15 is 0 Å². The number of rotatable bonds is 6. The highest BCUT2D eigenvalue weighted by Gasteiger charge is 2.18. The number of anilines is 2. The molecule has 1 aliphatic heterocycles. The number of carbonyl (C=O) groups is 1. The first kappa shape index (κ1) is 19.8. The van der Waals surface area contributed by atoms with Crippen LogP contribution >= 0.6 is 0 Å². The Morgan fingerprint density at radius 1 is 1.00 bits per heavy atom. The highest BCUT2D eigenvalue weighted by Crippen LogP contribution is 2.38. The lowest BCUT2D eigenvalue weighted by Gasteiger charge is -2.29. The standard InChI is InChI=1S/C21H26N2O5/c1-14-5-6-16(23-7-9-28-10-8-23)13-17(14)22-21(24)15-11-18(25-2)20(27-4)19(12-15)26-3/h5-6,11-13H,7-10H2,1-4H3,(H,22,24). The zero-order valence-corrected chi connectivity index (χ0v) is 16.7. The number of hydrogen-bond donors (Lipinski definition) is 1. The van der Waals surface area contributed by atoms with Gasteiger partial charge < -0.3 is 29.2 Å². The van der Waals surface area contributed by atoms with Gasteiger partial charge in [0.1, 0.15) is 0 Å². The van der Waals surface area contributed by atoms with E-state index in [1.54, 1.807) is 12.1 Å². The van der Waals surface area contributed by atoms with Crippen LogP contribution in [-0.4, -0.2) is 53.5 Å². The Hall–Kier alpha value is -2.93. The average molecular weight is 386 g/mol. The molecule has 2 aromatic rings. The lowest BCUT2D eigenvalue weighted by molar-refractivity contribution is 0.102. The normalized spacial score (nSPS) is 13.8. The highest BCUT2D eigenvalue weighted by atomic mass is 16.5. The fourth-order valence-corrected chi connectivity index (χ4v) is 3.17. The number of hydrogen-bond acceptors (Lipinski definition) is 6. The van der Waals surface area contributed by atoms with Gasteiger partial charge in [-0.25, -0.2) is 0 Å². The molecule has 0 aromatic heterocycles. The van der Waals surface area contributed by atoms with E-state index in [0.29, 0.717) is 36.0 Å². The second kappa shape index (κ2) is 8.84. The molecular formula is C21H26N2O5. The number of nitrogens with zero attached hydrogens (tertiary/aromatic N) is 1. The average Bonchev–Trinajstić information content (AvgIpc) is 2.74. The van der Waals surface area contributed by atoms with Gasteiger partial charge in [0.15, 0.2) is 11.5 Å². The summed E-state index contributed by atoms with van der Waals surface area (Å²) in [6.07, 6.45) is 0. The zero-order valence-electron chi connectivity index (χ0n) is 16.7. The number of methoxy groups -OCH3 is 3. The van der Waals surface area contributed by atoms with Crippen LogP contribution in [0, 0.1) is 6.92 Å². The Bertz CT molecular complexity index is 822. The molecule has 1 saturated heterocycles. The van der Waals surface area contributed by atoms with Crippen LogP contribution in [0.1, 0.15) is 15.9 Å². The van der Waals surface area contributed by atoms with Gasteiger partial charge in [0.2, 0.25) is 5.75 Å². The maximum Gasteiger partial charge on any atom is 0.255 e. The molecule has 1 heterocycles. The fraction of sp³-hybridized carbons (Fsp3) is 0.381. The first-order chi connectivity index (χ1) is 13.6.